The highest BCUT2D eigenvalue weighted by Crippen LogP contribution is 2.34. The Kier molecular flexibility index (Phi) is 5.44. The Balaban J connectivity index is 1.43. The quantitative estimate of drug-likeness (QED) is 0.675. The predicted molar refractivity (Wildman–Crippen MR) is 112 cm³/mol. The number of thiazole rings is 1. The Morgan fingerprint density at radius 1 is 1.34 bits per heavy atom. The molecule has 3 aromatic rings. The van der Waals surface area contributed by atoms with Crippen LogP contribution in [0, 0.1) is 12.8 Å². The Labute approximate surface area is 172 Å². The lowest BCUT2D eigenvalue weighted by Gasteiger charge is -2.13. The normalized spacial score (nSPS) is 16.4. The summed E-state index contributed by atoms with van der Waals surface area (Å²) in [4.78, 5) is 35.5. The predicted octanol–water partition coefficient (Wildman–Crippen LogP) is 3.07. The number of nitrogens with zero attached hydrogens (tertiary/aromatic N) is 3. The summed E-state index contributed by atoms with van der Waals surface area (Å²) >= 11 is 1.44. The molecule has 0 spiro atoms. The zero-order valence-corrected chi connectivity index (χ0v) is 17.2. The van der Waals surface area contributed by atoms with Gasteiger partial charge in [-0.15, -0.1) is 0 Å². The fourth-order valence-electron chi connectivity index (χ4n) is 3.38. The Hall–Kier alpha value is -3.00. The van der Waals surface area contributed by atoms with Gasteiger partial charge < -0.3 is 10.1 Å². The lowest BCUT2D eigenvalue weighted by molar-refractivity contribution is -0.126. The molecule has 1 unspecified atom stereocenters. The number of carbonyl (C=O) groups excluding carboxylic acids is 2. The summed E-state index contributed by atoms with van der Waals surface area (Å²) in [5.74, 6) is 0.215. The number of fused-ring (bicyclic) bond motifs is 1. The average Bonchev–Trinajstić information content (AvgIpc) is 3.29. The van der Waals surface area contributed by atoms with Crippen LogP contribution in [0.25, 0.3) is 10.2 Å². The minimum Gasteiger partial charge on any atom is -0.494 e. The number of hydrogen-bond donors (Lipinski definition) is 1. The van der Waals surface area contributed by atoms with Crippen LogP contribution in [0.3, 0.4) is 0 Å². The fraction of sp³-hybridized carbons (Fsp3) is 0.333. The van der Waals surface area contributed by atoms with E-state index in [2.05, 4.69) is 15.3 Å². The number of aryl methyl sites for hydroxylation is 1. The van der Waals surface area contributed by atoms with Crippen LogP contribution >= 0.6 is 11.3 Å². The summed E-state index contributed by atoms with van der Waals surface area (Å²) < 4.78 is 6.49. The number of benzene rings is 1. The molecule has 150 valence electrons. The maximum Gasteiger partial charge on any atom is 0.229 e. The Morgan fingerprint density at radius 3 is 3.00 bits per heavy atom. The second-order valence-electron chi connectivity index (χ2n) is 6.99. The second kappa shape index (κ2) is 8.16. The summed E-state index contributed by atoms with van der Waals surface area (Å²) in [5, 5.41) is 3.55. The molecule has 3 heterocycles. The molecular weight excluding hydrogens is 388 g/mol. The van der Waals surface area contributed by atoms with Crippen molar-refractivity contribution >= 4 is 38.5 Å². The van der Waals surface area contributed by atoms with Crippen molar-refractivity contribution in [1.82, 2.24) is 15.3 Å². The van der Waals surface area contributed by atoms with Crippen molar-refractivity contribution in [3.63, 3.8) is 0 Å². The number of hydrogen-bond acceptors (Lipinski definition) is 6. The number of anilines is 1. The number of amides is 2. The van der Waals surface area contributed by atoms with Crippen molar-refractivity contribution in [3.8, 4) is 5.75 Å². The van der Waals surface area contributed by atoms with E-state index >= 15 is 0 Å². The Morgan fingerprint density at radius 2 is 2.21 bits per heavy atom. The van der Waals surface area contributed by atoms with Gasteiger partial charge in [-0.25, -0.2) is 4.98 Å². The SMILES string of the molecule is CCOc1ccc2nc(N3CC(C(=O)NCc4ccnc(C)c4)CC3=O)sc2c1. The van der Waals surface area contributed by atoms with E-state index in [9.17, 15) is 9.59 Å². The van der Waals surface area contributed by atoms with Crippen LogP contribution in [0.15, 0.2) is 36.5 Å². The molecule has 0 saturated carbocycles. The summed E-state index contributed by atoms with van der Waals surface area (Å²) in [5.41, 5.74) is 2.72. The first-order valence-corrected chi connectivity index (χ1v) is 10.4. The summed E-state index contributed by atoms with van der Waals surface area (Å²) in [6.07, 6.45) is 1.92. The van der Waals surface area contributed by atoms with Gasteiger partial charge in [-0.1, -0.05) is 11.3 Å². The average molecular weight is 410 g/mol. The minimum atomic E-state index is -0.378. The lowest BCUT2D eigenvalue weighted by atomic mass is 10.1. The third-order valence-electron chi connectivity index (χ3n) is 4.81. The van der Waals surface area contributed by atoms with Crippen LogP contribution in [0.4, 0.5) is 5.13 Å². The first-order chi connectivity index (χ1) is 14.0. The highest BCUT2D eigenvalue weighted by molar-refractivity contribution is 7.22. The second-order valence-corrected chi connectivity index (χ2v) is 8.00. The molecule has 8 heteroatoms. The smallest absolute Gasteiger partial charge is 0.229 e. The van der Waals surface area contributed by atoms with Crippen LogP contribution in [0.2, 0.25) is 0 Å². The van der Waals surface area contributed by atoms with Gasteiger partial charge in [0, 0.05) is 31.4 Å². The van der Waals surface area contributed by atoms with E-state index in [0.29, 0.717) is 24.8 Å². The topological polar surface area (TPSA) is 84.4 Å². The molecule has 1 aliphatic rings. The van der Waals surface area contributed by atoms with Crippen molar-refractivity contribution in [2.75, 3.05) is 18.1 Å². The van der Waals surface area contributed by atoms with Gasteiger partial charge >= 0.3 is 0 Å². The van der Waals surface area contributed by atoms with Crippen molar-refractivity contribution in [2.24, 2.45) is 5.92 Å². The van der Waals surface area contributed by atoms with Crippen LogP contribution in [0.1, 0.15) is 24.6 Å². The molecule has 0 bridgehead atoms. The van der Waals surface area contributed by atoms with Crippen molar-refractivity contribution in [2.45, 2.75) is 26.8 Å². The number of rotatable bonds is 6. The molecular formula is C21H22N4O3S. The first kappa shape index (κ1) is 19.3. The van der Waals surface area contributed by atoms with Crippen LogP contribution < -0.4 is 15.0 Å². The molecule has 0 aliphatic carbocycles. The zero-order valence-electron chi connectivity index (χ0n) is 16.3. The number of carbonyl (C=O) groups is 2. The molecule has 7 nitrogen and oxygen atoms in total. The van der Waals surface area contributed by atoms with Gasteiger partial charge in [-0.3, -0.25) is 19.5 Å². The van der Waals surface area contributed by atoms with Crippen LogP contribution in [0.5, 0.6) is 5.75 Å². The lowest BCUT2D eigenvalue weighted by Crippen LogP contribution is -2.32. The van der Waals surface area contributed by atoms with E-state index in [0.717, 1.165) is 27.2 Å². The number of nitrogens with one attached hydrogen (secondary N) is 1. The van der Waals surface area contributed by atoms with Gasteiger partial charge in [0.05, 0.1) is 22.7 Å². The van der Waals surface area contributed by atoms with Gasteiger partial charge in [0.25, 0.3) is 0 Å². The van der Waals surface area contributed by atoms with Gasteiger partial charge in [0.15, 0.2) is 5.13 Å². The molecule has 1 saturated heterocycles. The van der Waals surface area contributed by atoms with Gasteiger partial charge in [0.2, 0.25) is 11.8 Å². The molecule has 1 N–H and O–H groups in total. The van der Waals surface area contributed by atoms with Gasteiger partial charge in [-0.05, 0) is 49.7 Å². The van der Waals surface area contributed by atoms with Crippen molar-refractivity contribution in [1.29, 1.82) is 0 Å². The summed E-state index contributed by atoms with van der Waals surface area (Å²) in [7, 11) is 0. The third kappa shape index (κ3) is 4.22. The molecule has 1 fully saturated rings. The molecule has 2 amide bonds. The van der Waals surface area contributed by atoms with E-state index in [4.69, 9.17) is 4.74 Å². The van der Waals surface area contributed by atoms with Gasteiger partial charge in [0.1, 0.15) is 5.75 Å². The maximum absolute atomic E-state index is 12.6. The number of ether oxygens (including phenoxy) is 1. The van der Waals surface area contributed by atoms with Crippen molar-refractivity contribution < 1.29 is 14.3 Å². The Bertz CT molecular complexity index is 1070. The van der Waals surface area contributed by atoms with E-state index in [1.54, 1.807) is 11.1 Å². The highest BCUT2D eigenvalue weighted by atomic mass is 32.1. The third-order valence-corrected chi connectivity index (χ3v) is 5.86. The first-order valence-electron chi connectivity index (χ1n) is 9.56. The van der Waals surface area contributed by atoms with Crippen LogP contribution in [-0.2, 0) is 16.1 Å². The fourth-order valence-corrected chi connectivity index (χ4v) is 4.40. The molecule has 4 rings (SSSR count). The maximum atomic E-state index is 12.6. The highest BCUT2D eigenvalue weighted by Gasteiger charge is 2.36. The summed E-state index contributed by atoms with van der Waals surface area (Å²) in [6.45, 7) is 5.21. The molecule has 0 radical (unpaired) electrons. The summed E-state index contributed by atoms with van der Waals surface area (Å²) in [6, 6.07) is 9.50. The molecule has 1 aliphatic heterocycles. The molecule has 29 heavy (non-hydrogen) atoms. The van der Waals surface area contributed by atoms with E-state index in [1.165, 1.54) is 11.3 Å². The largest absolute Gasteiger partial charge is 0.494 e. The minimum absolute atomic E-state index is 0.0750. The monoisotopic (exact) mass is 410 g/mol. The van der Waals surface area contributed by atoms with Gasteiger partial charge in [-0.2, -0.15) is 0 Å². The van der Waals surface area contributed by atoms with E-state index in [-0.39, 0.29) is 24.2 Å². The van der Waals surface area contributed by atoms with E-state index in [1.807, 2.05) is 44.2 Å². The van der Waals surface area contributed by atoms with Crippen molar-refractivity contribution in [3.05, 3.63) is 47.8 Å². The molecule has 2 aromatic heterocycles. The zero-order chi connectivity index (χ0) is 20.4. The standard InChI is InChI=1S/C21H22N4O3S/c1-3-28-16-4-5-17-18(10-16)29-21(24-17)25-12-15(9-19(25)26)20(27)23-11-14-6-7-22-13(2)8-14/h4-8,10,15H,3,9,11-12H2,1-2H3,(H,23,27). The molecule has 1 aromatic carbocycles. The number of aromatic nitrogens is 2. The van der Waals surface area contributed by atoms with E-state index < -0.39 is 0 Å². The molecule has 1 atom stereocenters. The number of pyridine rings is 1. The van der Waals surface area contributed by atoms with Crippen LogP contribution in [-0.4, -0.2) is 34.9 Å².